The number of carbonyl (C=O) groups is 1. The molecule has 0 aliphatic rings. The summed E-state index contributed by atoms with van der Waals surface area (Å²) >= 11 is 0. The van der Waals surface area contributed by atoms with Crippen LogP contribution in [-0.2, 0) is 6.42 Å². The maximum atomic E-state index is 12.5. The van der Waals surface area contributed by atoms with Crippen molar-refractivity contribution in [1.29, 1.82) is 0 Å². The van der Waals surface area contributed by atoms with Crippen LogP contribution in [0.4, 0.5) is 5.82 Å². The van der Waals surface area contributed by atoms with Gasteiger partial charge in [-0.05, 0) is 37.8 Å². The molecule has 0 aliphatic heterocycles. The number of rotatable bonds is 7. The van der Waals surface area contributed by atoms with Crippen LogP contribution in [0.2, 0.25) is 0 Å². The number of nitrogens with one attached hydrogen (secondary N) is 2. The number of carbonyl (C=O) groups excluding carboxylic acids is 1. The van der Waals surface area contributed by atoms with E-state index >= 15 is 0 Å². The Morgan fingerprint density at radius 3 is 2.20 bits per heavy atom. The van der Waals surface area contributed by atoms with Gasteiger partial charge in [0.2, 0.25) is 0 Å². The highest BCUT2D eigenvalue weighted by molar-refractivity contribution is 5.95. The highest BCUT2D eigenvalue weighted by Crippen LogP contribution is 2.20. The summed E-state index contributed by atoms with van der Waals surface area (Å²) in [5, 5.41) is 6.21. The van der Waals surface area contributed by atoms with Crippen molar-refractivity contribution in [1.82, 2.24) is 10.3 Å². The number of aromatic nitrogens is 1. The van der Waals surface area contributed by atoms with E-state index in [4.69, 9.17) is 0 Å². The lowest BCUT2D eigenvalue weighted by Crippen LogP contribution is -2.47. The summed E-state index contributed by atoms with van der Waals surface area (Å²) in [5.41, 5.74) is 1.50. The predicted molar refractivity (Wildman–Crippen MR) is 84.2 cm³/mol. The van der Waals surface area contributed by atoms with Crippen LogP contribution < -0.4 is 10.6 Å². The fraction of sp³-hybridized carbons (Fsp3) is 0.625. The number of nitrogens with zero attached hydrogens (tertiary/aromatic N) is 1. The van der Waals surface area contributed by atoms with Gasteiger partial charge in [-0.15, -0.1) is 0 Å². The quantitative estimate of drug-likeness (QED) is 0.803. The van der Waals surface area contributed by atoms with Gasteiger partial charge in [0.25, 0.3) is 5.91 Å². The van der Waals surface area contributed by atoms with E-state index in [1.165, 1.54) is 0 Å². The average Bonchev–Trinajstić information content (AvgIpc) is 2.51. The van der Waals surface area contributed by atoms with Crippen LogP contribution in [0.5, 0.6) is 0 Å². The Balaban J connectivity index is 3.02. The van der Waals surface area contributed by atoms with Crippen molar-refractivity contribution in [2.45, 2.75) is 58.9 Å². The molecule has 112 valence electrons. The van der Waals surface area contributed by atoms with Crippen molar-refractivity contribution >= 4 is 11.7 Å². The molecule has 0 saturated carbocycles. The zero-order valence-electron chi connectivity index (χ0n) is 13.3. The molecule has 0 bridgehead atoms. The van der Waals surface area contributed by atoms with E-state index in [0.717, 1.165) is 37.2 Å². The van der Waals surface area contributed by atoms with Crippen LogP contribution in [0.15, 0.2) is 12.1 Å². The zero-order chi connectivity index (χ0) is 15.2. The summed E-state index contributed by atoms with van der Waals surface area (Å²) < 4.78 is 0. The summed E-state index contributed by atoms with van der Waals surface area (Å²) in [5.74, 6) is 0.730. The molecule has 0 spiro atoms. The largest absolute Gasteiger partial charge is 0.373 e. The van der Waals surface area contributed by atoms with Crippen molar-refractivity contribution in [3.8, 4) is 0 Å². The molecular formula is C16H27N3O. The minimum atomic E-state index is -0.105. The lowest BCUT2D eigenvalue weighted by molar-refractivity contribution is 0.0888. The molecule has 0 radical (unpaired) electrons. The van der Waals surface area contributed by atoms with Crippen molar-refractivity contribution in [2.75, 3.05) is 12.4 Å². The van der Waals surface area contributed by atoms with Crippen molar-refractivity contribution in [2.24, 2.45) is 0 Å². The molecule has 20 heavy (non-hydrogen) atoms. The number of amides is 1. The number of pyridine rings is 1. The van der Waals surface area contributed by atoms with Gasteiger partial charge in [-0.1, -0.05) is 27.7 Å². The number of aryl methyl sites for hydroxylation is 1. The number of hydrogen-bond donors (Lipinski definition) is 2. The second kappa shape index (κ2) is 7.27. The van der Waals surface area contributed by atoms with E-state index in [1.807, 2.05) is 20.0 Å². The minimum absolute atomic E-state index is 0.0100. The smallest absolute Gasteiger partial charge is 0.251 e. The molecule has 1 aromatic rings. The van der Waals surface area contributed by atoms with Crippen molar-refractivity contribution in [3.05, 3.63) is 23.4 Å². The topological polar surface area (TPSA) is 54.0 Å². The van der Waals surface area contributed by atoms with Gasteiger partial charge in [0.05, 0.1) is 0 Å². The van der Waals surface area contributed by atoms with Gasteiger partial charge in [-0.2, -0.15) is 0 Å². The van der Waals surface area contributed by atoms with Crippen LogP contribution in [0, 0.1) is 0 Å². The van der Waals surface area contributed by atoms with E-state index in [0.29, 0.717) is 5.56 Å². The van der Waals surface area contributed by atoms with Crippen LogP contribution in [0.3, 0.4) is 0 Å². The monoisotopic (exact) mass is 277 g/mol. The molecule has 0 atom stereocenters. The molecule has 0 saturated heterocycles. The summed E-state index contributed by atoms with van der Waals surface area (Å²) in [6, 6.07) is 3.68. The Morgan fingerprint density at radius 2 is 1.75 bits per heavy atom. The first-order chi connectivity index (χ1) is 9.53. The molecule has 1 rings (SSSR count). The number of hydrogen-bond acceptors (Lipinski definition) is 3. The Labute approximate surface area is 122 Å². The van der Waals surface area contributed by atoms with Crippen LogP contribution in [-0.4, -0.2) is 23.5 Å². The molecule has 1 aromatic heterocycles. The second-order valence-corrected chi connectivity index (χ2v) is 5.13. The van der Waals surface area contributed by atoms with E-state index in [9.17, 15) is 4.79 Å². The van der Waals surface area contributed by atoms with Crippen molar-refractivity contribution in [3.63, 3.8) is 0 Å². The minimum Gasteiger partial charge on any atom is -0.373 e. The standard InChI is InChI=1S/C16H27N3O/c1-6-13-10-12(11-14(17-5)18-13)15(20)19-16(7-2,8-3)9-4/h10-11H,6-9H2,1-5H3,(H,17,18)(H,19,20). The molecule has 0 aliphatic carbocycles. The molecule has 1 heterocycles. The lowest BCUT2D eigenvalue weighted by atomic mass is 9.89. The van der Waals surface area contributed by atoms with Crippen LogP contribution >= 0.6 is 0 Å². The Kier molecular flexibility index (Phi) is 5.99. The first-order valence-electron chi connectivity index (χ1n) is 7.55. The van der Waals surface area contributed by atoms with Gasteiger partial charge >= 0.3 is 0 Å². The summed E-state index contributed by atoms with van der Waals surface area (Å²) in [6.07, 6.45) is 3.64. The molecule has 0 fully saturated rings. The van der Waals surface area contributed by atoms with E-state index < -0.39 is 0 Å². The third-order valence-electron chi connectivity index (χ3n) is 4.17. The van der Waals surface area contributed by atoms with E-state index in [-0.39, 0.29) is 11.4 Å². The summed E-state index contributed by atoms with van der Waals surface area (Å²) in [7, 11) is 1.82. The van der Waals surface area contributed by atoms with Gasteiger partial charge < -0.3 is 10.6 Å². The van der Waals surface area contributed by atoms with Gasteiger partial charge in [0, 0.05) is 23.8 Å². The summed E-state index contributed by atoms with van der Waals surface area (Å²) in [4.78, 5) is 16.9. The fourth-order valence-electron chi connectivity index (χ4n) is 2.36. The highest BCUT2D eigenvalue weighted by atomic mass is 16.1. The van der Waals surface area contributed by atoms with Gasteiger partial charge in [0.1, 0.15) is 5.82 Å². The average molecular weight is 277 g/mol. The Morgan fingerprint density at radius 1 is 1.15 bits per heavy atom. The molecular weight excluding hydrogens is 250 g/mol. The molecule has 2 N–H and O–H groups in total. The number of anilines is 1. The van der Waals surface area contributed by atoms with Crippen molar-refractivity contribution < 1.29 is 4.79 Å². The van der Waals surface area contributed by atoms with Gasteiger partial charge in [0.15, 0.2) is 0 Å². The SMILES string of the molecule is CCc1cc(C(=O)NC(CC)(CC)CC)cc(NC)n1. The van der Waals surface area contributed by atoms with Crippen LogP contribution in [0.25, 0.3) is 0 Å². The van der Waals surface area contributed by atoms with Gasteiger partial charge in [-0.3, -0.25) is 4.79 Å². The molecule has 0 aromatic carbocycles. The molecule has 4 nitrogen and oxygen atoms in total. The predicted octanol–water partition coefficient (Wildman–Crippen LogP) is 3.38. The Bertz CT molecular complexity index is 423. The first kappa shape index (κ1) is 16.5. The second-order valence-electron chi connectivity index (χ2n) is 5.13. The van der Waals surface area contributed by atoms with E-state index in [2.05, 4.69) is 36.4 Å². The summed E-state index contributed by atoms with van der Waals surface area (Å²) in [6.45, 7) is 8.40. The highest BCUT2D eigenvalue weighted by Gasteiger charge is 2.26. The zero-order valence-corrected chi connectivity index (χ0v) is 13.3. The van der Waals surface area contributed by atoms with Crippen LogP contribution in [0.1, 0.15) is 63.0 Å². The first-order valence-corrected chi connectivity index (χ1v) is 7.55. The van der Waals surface area contributed by atoms with E-state index in [1.54, 1.807) is 6.07 Å². The maximum Gasteiger partial charge on any atom is 0.251 e. The molecule has 4 heteroatoms. The molecule has 0 unspecified atom stereocenters. The third kappa shape index (κ3) is 3.71. The lowest BCUT2D eigenvalue weighted by Gasteiger charge is -2.31. The Hall–Kier alpha value is -1.58. The maximum absolute atomic E-state index is 12.5. The molecule has 1 amide bonds. The fourth-order valence-corrected chi connectivity index (χ4v) is 2.36. The third-order valence-corrected chi connectivity index (χ3v) is 4.17. The van der Waals surface area contributed by atoms with Gasteiger partial charge in [-0.25, -0.2) is 4.98 Å². The normalized spacial score (nSPS) is 11.2.